The van der Waals surface area contributed by atoms with E-state index in [0.29, 0.717) is 24.0 Å². The van der Waals surface area contributed by atoms with Crippen LogP contribution in [0, 0.1) is 0 Å². The minimum Gasteiger partial charge on any atom is -0.476 e. The highest BCUT2D eigenvalue weighted by atomic mass is 35.5. The molecule has 0 fully saturated rings. The van der Waals surface area contributed by atoms with Gasteiger partial charge in [0.1, 0.15) is 12.0 Å². The van der Waals surface area contributed by atoms with Crippen LogP contribution < -0.4 is 15.4 Å². The Balaban J connectivity index is 2.34. The molecule has 0 aliphatic carbocycles. The summed E-state index contributed by atoms with van der Waals surface area (Å²) in [7, 11) is 1.92. The summed E-state index contributed by atoms with van der Waals surface area (Å²) >= 11 is 6.26. The molecule has 1 unspecified atom stereocenters. The number of rotatable bonds is 5. The minimum absolute atomic E-state index is 0.0189. The number of hydrogen-bond donors (Lipinski definition) is 1. The van der Waals surface area contributed by atoms with E-state index in [4.69, 9.17) is 22.1 Å². The molecule has 5 nitrogen and oxygen atoms in total. The molecule has 1 aromatic carbocycles. The van der Waals surface area contributed by atoms with Crippen molar-refractivity contribution in [1.82, 2.24) is 9.97 Å². The third-order valence-electron chi connectivity index (χ3n) is 3.38. The third kappa shape index (κ3) is 3.19. The van der Waals surface area contributed by atoms with Crippen LogP contribution in [0.15, 0.2) is 30.6 Å². The van der Waals surface area contributed by atoms with E-state index in [1.54, 1.807) is 0 Å². The molecule has 6 heteroatoms. The Morgan fingerprint density at radius 3 is 2.71 bits per heavy atom. The average Bonchev–Trinajstić information content (AvgIpc) is 2.49. The molecule has 0 radical (unpaired) electrons. The second-order valence-corrected chi connectivity index (χ2v) is 5.06. The molecule has 2 aromatic rings. The van der Waals surface area contributed by atoms with Gasteiger partial charge in [-0.3, -0.25) is 0 Å². The van der Waals surface area contributed by atoms with E-state index >= 15 is 0 Å². The highest BCUT2D eigenvalue weighted by Gasteiger charge is 2.20. The van der Waals surface area contributed by atoms with Gasteiger partial charge in [-0.15, -0.1) is 0 Å². The van der Waals surface area contributed by atoms with Crippen molar-refractivity contribution in [1.29, 1.82) is 0 Å². The molecule has 1 aromatic heterocycles. The lowest BCUT2D eigenvalue weighted by Gasteiger charge is -2.28. The Hall–Kier alpha value is -2.01. The van der Waals surface area contributed by atoms with Crippen molar-refractivity contribution in [2.45, 2.75) is 19.9 Å². The van der Waals surface area contributed by atoms with Crippen molar-refractivity contribution in [3.63, 3.8) is 0 Å². The fourth-order valence-corrected chi connectivity index (χ4v) is 2.40. The molecule has 0 aliphatic heterocycles. The Morgan fingerprint density at radius 2 is 2.05 bits per heavy atom. The molecule has 0 aliphatic rings. The second kappa shape index (κ2) is 6.63. The van der Waals surface area contributed by atoms with Crippen molar-refractivity contribution in [3.8, 4) is 5.88 Å². The normalized spacial score (nSPS) is 12.0. The zero-order chi connectivity index (χ0) is 15.4. The van der Waals surface area contributed by atoms with Gasteiger partial charge in [-0.1, -0.05) is 29.8 Å². The summed E-state index contributed by atoms with van der Waals surface area (Å²) in [5.41, 5.74) is 7.54. The molecule has 112 valence electrons. The lowest BCUT2D eigenvalue weighted by atomic mass is 10.1. The lowest BCUT2D eigenvalue weighted by Crippen LogP contribution is -2.24. The van der Waals surface area contributed by atoms with Gasteiger partial charge in [-0.05, 0) is 25.5 Å². The third-order valence-corrected chi connectivity index (χ3v) is 3.72. The molecule has 0 spiro atoms. The van der Waals surface area contributed by atoms with E-state index in [1.165, 1.54) is 6.33 Å². The van der Waals surface area contributed by atoms with Crippen molar-refractivity contribution in [2.75, 3.05) is 24.3 Å². The van der Waals surface area contributed by atoms with Gasteiger partial charge >= 0.3 is 0 Å². The van der Waals surface area contributed by atoms with Crippen LogP contribution in [0.1, 0.15) is 25.5 Å². The van der Waals surface area contributed by atoms with E-state index in [-0.39, 0.29) is 6.04 Å². The Bertz CT molecular complexity index is 620. The maximum Gasteiger partial charge on any atom is 0.242 e. The molecular weight excluding hydrogens is 288 g/mol. The summed E-state index contributed by atoms with van der Waals surface area (Å²) in [6.45, 7) is 4.44. The second-order valence-electron chi connectivity index (χ2n) is 4.66. The topological polar surface area (TPSA) is 64.3 Å². The Labute approximate surface area is 129 Å². The zero-order valence-electron chi connectivity index (χ0n) is 12.4. The first kappa shape index (κ1) is 15.4. The summed E-state index contributed by atoms with van der Waals surface area (Å²) < 4.78 is 5.41. The van der Waals surface area contributed by atoms with Crippen LogP contribution in [0.3, 0.4) is 0 Å². The summed E-state index contributed by atoms with van der Waals surface area (Å²) in [6.07, 6.45) is 1.45. The highest BCUT2D eigenvalue weighted by molar-refractivity contribution is 6.31. The number of hydrogen-bond acceptors (Lipinski definition) is 5. The summed E-state index contributed by atoms with van der Waals surface area (Å²) in [5, 5.41) is 0.717. The van der Waals surface area contributed by atoms with Gasteiger partial charge in [-0.25, -0.2) is 4.98 Å². The minimum atomic E-state index is 0.0189. The van der Waals surface area contributed by atoms with Gasteiger partial charge < -0.3 is 15.4 Å². The summed E-state index contributed by atoms with van der Waals surface area (Å²) in [6, 6.07) is 7.75. The van der Waals surface area contributed by atoms with Crippen molar-refractivity contribution in [2.24, 2.45) is 0 Å². The first-order valence-corrected chi connectivity index (χ1v) is 7.14. The molecule has 0 saturated carbocycles. The molecule has 0 bridgehead atoms. The standard InChI is InChI=1S/C15H19ClN4O/c1-4-21-15-13(17)14(18-9-19-15)20(3)10(2)11-7-5-6-8-12(11)16/h5-10H,4,17H2,1-3H3. The fraction of sp³-hybridized carbons (Fsp3) is 0.333. The van der Waals surface area contributed by atoms with E-state index in [1.807, 2.05) is 50.1 Å². The van der Waals surface area contributed by atoms with Crippen LogP contribution in [0.4, 0.5) is 11.5 Å². The number of aromatic nitrogens is 2. The van der Waals surface area contributed by atoms with Gasteiger partial charge in [0.25, 0.3) is 0 Å². The van der Waals surface area contributed by atoms with Gasteiger partial charge in [0, 0.05) is 12.1 Å². The maximum atomic E-state index is 6.26. The Morgan fingerprint density at radius 1 is 1.33 bits per heavy atom. The Kier molecular flexibility index (Phi) is 4.85. The molecule has 0 saturated heterocycles. The smallest absolute Gasteiger partial charge is 0.242 e. The molecule has 2 rings (SSSR count). The van der Waals surface area contributed by atoms with Gasteiger partial charge in [0.15, 0.2) is 5.82 Å². The largest absolute Gasteiger partial charge is 0.476 e. The number of ether oxygens (including phenoxy) is 1. The summed E-state index contributed by atoms with van der Waals surface area (Å²) in [5.74, 6) is 1.03. The van der Waals surface area contributed by atoms with Crippen LogP contribution in [0.5, 0.6) is 5.88 Å². The van der Waals surface area contributed by atoms with Crippen molar-refractivity contribution in [3.05, 3.63) is 41.2 Å². The van der Waals surface area contributed by atoms with E-state index < -0.39 is 0 Å². The van der Waals surface area contributed by atoms with Crippen molar-refractivity contribution >= 4 is 23.1 Å². The van der Waals surface area contributed by atoms with Crippen LogP contribution in [0.25, 0.3) is 0 Å². The number of nitrogens with two attached hydrogens (primary N) is 1. The molecule has 2 N–H and O–H groups in total. The molecule has 1 atom stereocenters. The van der Waals surface area contributed by atoms with E-state index in [9.17, 15) is 0 Å². The number of halogens is 1. The summed E-state index contributed by atoms with van der Waals surface area (Å²) in [4.78, 5) is 10.3. The highest BCUT2D eigenvalue weighted by Crippen LogP contribution is 2.34. The predicted molar refractivity (Wildman–Crippen MR) is 85.9 cm³/mol. The van der Waals surface area contributed by atoms with E-state index in [2.05, 4.69) is 9.97 Å². The number of nitrogens with zero attached hydrogens (tertiary/aromatic N) is 3. The van der Waals surface area contributed by atoms with E-state index in [0.717, 1.165) is 10.6 Å². The number of benzene rings is 1. The number of nitrogen functional groups attached to an aromatic ring is 1. The average molecular weight is 307 g/mol. The van der Waals surface area contributed by atoms with Crippen LogP contribution in [-0.2, 0) is 0 Å². The molecule has 0 amide bonds. The van der Waals surface area contributed by atoms with Gasteiger partial charge in [-0.2, -0.15) is 4.98 Å². The first-order chi connectivity index (χ1) is 10.1. The quantitative estimate of drug-likeness (QED) is 0.918. The monoisotopic (exact) mass is 306 g/mol. The molecule has 21 heavy (non-hydrogen) atoms. The first-order valence-electron chi connectivity index (χ1n) is 6.76. The van der Waals surface area contributed by atoms with Crippen molar-refractivity contribution < 1.29 is 4.74 Å². The zero-order valence-corrected chi connectivity index (χ0v) is 13.1. The van der Waals surface area contributed by atoms with Crippen LogP contribution >= 0.6 is 11.6 Å². The maximum absolute atomic E-state index is 6.26. The lowest BCUT2D eigenvalue weighted by molar-refractivity contribution is 0.328. The van der Waals surface area contributed by atoms with Crippen LogP contribution in [-0.4, -0.2) is 23.6 Å². The van der Waals surface area contributed by atoms with Gasteiger partial charge in [0.2, 0.25) is 5.88 Å². The fourth-order valence-electron chi connectivity index (χ4n) is 2.11. The molecular formula is C15H19ClN4O. The molecule has 1 heterocycles. The number of anilines is 2. The SMILES string of the molecule is CCOc1ncnc(N(C)C(C)c2ccccc2Cl)c1N. The van der Waals surface area contributed by atoms with Gasteiger partial charge in [0.05, 0.1) is 12.6 Å². The predicted octanol–water partition coefficient (Wildman–Crippen LogP) is 3.31. The van der Waals surface area contributed by atoms with Crippen LogP contribution in [0.2, 0.25) is 5.02 Å².